The quantitative estimate of drug-likeness (QED) is 0.936. The summed E-state index contributed by atoms with van der Waals surface area (Å²) in [5.41, 5.74) is 6.67. The molecule has 0 radical (unpaired) electrons. The first-order valence-corrected chi connectivity index (χ1v) is 7.16. The molecule has 2 heterocycles. The molecular weight excluding hydrogens is 276 g/mol. The van der Waals surface area contributed by atoms with Crippen molar-refractivity contribution in [3.8, 4) is 11.4 Å². The Morgan fingerprint density at radius 2 is 2.15 bits per heavy atom. The standard InChI is InChI=1S/C14H17ClN4O/c15-11-5-3-10(4-6-11)14-17-13(20-18-14)9-19-7-1-2-12(19)8-16/h3-6,12H,1-2,7-9,16H2. The molecule has 1 atom stereocenters. The number of hydrogen-bond donors (Lipinski definition) is 1. The number of nitrogens with zero attached hydrogens (tertiary/aromatic N) is 3. The summed E-state index contributed by atoms with van der Waals surface area (Å²) in [5.74, 6) is 1.23. The molecule has 1 aliphatic heterocycles. The lowest BCUT2D eigenvalue weighted by atomic mass is 10.2. The summed E-state index contributed by atoms with van der Waals surface area (Å²) >= 11 is 5.87. The van der Waals surface area contributed by atoms with Crippen LogP contribution in [0, 0.1) is 0 Å². The van der Waals surface area contributed by atoms with Crippen molar-refractivity contribution in [1.29, 1.82) is 0 Å². The molecule has 0 amide bonds. The first kappa shape index (κ1) is 13.5. The molecule has 3 rings (SSSR count). The lowest BCUT2D eigenvalue weighted by Crippen LogP contribution is -2.34. The van der Waals surface area contributed by atoms with E-state index in [0.29, 0.717) is 35.9 Å². The Morgan fingerprint density at radius 3 is 2.90 bits per heavy atom. The summed E-state index contributed by atoms with van der Waals surface area (Å²) in [6, 6.07) is 7.83. The molecule has 2 aromatic rings. The van der Waals surface area contributed by atoms with Crippen molar-refractivity contribution in [2.45, 2.75) is 25.4 Å². The molecular formula is C14H17ClN4O. The van der Waals surface area contributed by atoms with Gasteiger partial charge in [-0.05, 0) is 43.7 Å². The smallest absolute Gasteiger partial charge is 0.241 e. The van der Waals surface area contributed by atoms with Gasteiger partial charge >= 0.3 is 0 Å². The number of aromatic nitrogens is 2. The zero-order chi connectivity index (χ0) is 13.9. The molecule has 0 saturated carbocycles. The van der Waals surface area contributed by atoms with E-state index in [1.165, 1.54) is 6.42 Å². The SMILES string of the molecule is NCC1CCCN1Cc1nc(-c2ccc(Cl)cc2)no1. The van der Waals surface area contributed by atoms with Crippen molar-refractivity contribution < 1.29 is 4.52 Å². The van der Waals surface area contributed by atoms with E-state index >= 15 is 0 Å². The summed E-state index contributed by atoms with van der Waals surface area (Å²) in [6.45, 7) is 2.39. The lowest BCUT2D eigenvalue weighted by molar-refractivity contribution is 0.214. The summed E-state index contributed by atoms with van der Waals surface area (Å²) in [4.78, 5) is 6.74. The van der Waals surface area contributed by atoms with Gasteiger partial charge < -0.3 is 10.3 Å². The number of likely N-dealkylation sites (tertiary alicyclic amines) is 1. The molecule has 20 heavy (non-hydrogen) atoms. The van der Waals surface area contributed by atoms with E-state index in [9.17, 15) is 0 Å². The van der Waals surface area contributed by atoms with Crippen LogP contribution in [0.3, 0.4) is 0 Å². The Balaban J connectivity index is 1.72. The van der Waals surface area contributed by atoms with E-state index < -0.39 is 0 Å². The van der Waals surface area contributed by atoms with Gasteiger partial charge in [0.15, 0.2) is 0 Å². The third kappa shape index (κ3) is 2.85. The molecule has 0 spiro atoms. The number of halogens is 1. The first-order chi connectivity index (χ1) is 9.76. The van der Waals surface area contributed by atoms with Crippen molar-refractivity contribution in [2.24, 2.45) is 5.73 Å². The van der Waals surface area contributed by atoms with E-state index in [1.54, 1.807) is 0 Å². The van der Waals surface area contributed by atoms with Crippen LogP contribution >= 0.6 is 11.6 Å². The van der Waals surface area contributed by atoms with Gasteiger partial charge in [0.05, 0.1) is 6.54 Å². The maximum atomic E-state index is 5.87. The van der Waals surface area contributed by atoms with Crippen LogP contribution in [-0.4, -0.2) is 34.2 Å². The minimum absolute atomic E-state index is 0.431. The minimum atomic E-state index is 0.431. The van der Waals surface area contributed by atoms with Crippen LogP contribution in [0.4, 0.5) is 0 Å². The fourth-order valence-electron chi connectivity index (χ4n) is 2.58. The van der Waals surface area contributed by atoms with Crippen LogP contribution in [0.2, 0.25) is 5.02 Å². The average molecular weight is 293 g/mol. The number of rotatable bonds is 4. The predicted octanol–water partition coefficient (Wildman–Crippen LogP) is 2.31. The molecule has 1 unspecified atom stereocenters. The second-order valence-corrected chi connectivity index (χ2v) is 5.46. The van der Waals surface area contributed by atoms with Crippen LogP contribution in [0.5, 0.6) is 0 Å². The summed E-state index contributed by atoms with van der Waals surface area (Å²) < 4.78 is 5.33. The zero-order valence-corrected chi connectivity index (χ0v) is 11.9. The Morgan fingerprint density at radius 1 is 1.35 bits per heavy atom. The zero-order valence-electron chi connectivity index (χ0n) is 11.1. The maximum absolute atomic E-state index is 5.87. The first-order valence-electron chi connectivity index (χ1n) is 6.79. The topological polar surface area (TPSA) is 68.2 Å². The van der Waals surface area contributed by atoms with Crippen molar-refractivity contribution >= 4 is 11.6 Å². The molecule has 1 aliphatic rings. The second kappa shape index (κ2) is 5.91. The predicted molar refractivity (Wildman–Crippen MR) is 77.2 cm³/mol. The third-order valence-electron chi connectivity index (χ3n) is 3.68. The van der Waals surface area contributed by atoms with Gasteiger partial charge in [-0.3, -0.25) is 4.90 Å². The number of hydrogen-bond acceptors (Lipinski definition) is 5. The van der Waals surface area contributed by atoms with E-state index in [1.807, 2.05) is 24.3 Å². The summed E-state index contributed by atoms with van der Waals surface area (Å²) in [5, 5.41) is 4.72. The van der Waals surface area contributed by atoms with Crippen LogP contribution in [0.25, 0.3) is 11.4 Å². The highest BCUT2D eigenvalue weighted by Crippen LogP contribution is 2.21. The molecule has 0 aliphatic carbocycles. The molecule has 6 heteroatoms. The molecule has 0 bridgehead atoms. The van der Waals surface area contributed by atoms with Gasteiger partial charge in [0, 0.05) is 23.2 Å². The van der Waals surface area contributed by atoms with Crippen molar-refractivity contribution in [3.05, 3.63) is 35.2 Å². The lowest BCUT2D eigenvalue weighted by Gasteiger charge is -2.20. The Hall–Kier alpha value is -1.43. The molecule has 1 saturated heterocycles. The number of nitrogens with two attached hydrogens (primary N) is 1. The largest absolute Gasteiger partial charge is 0.338 e. The van der Waals surface area contributed by atoms with Gasteiger partial charge in [0.2, 0.25) is 11.7 Å². The van der Waals surface area contributed by atoms with Gasteiger partial charge in [-0.1, -0.05) is 16.8 Å². The van der Waals surface area contributed by atoms with Crippen LogP contribution in [0.1, 0.15) is 18.7 Å². The molecule has 1 aromatic heterocycles. The number of benzene rings is 1. The van der Waals surface area contributed by atoms with Gasteiger partial charge in [0.1, 0.15) is 0 Å². The van der Waals surface area contributed by atoms with Crippen molar-refractivity contribution in [3.63, 3.8) is 0 Å². The van der Waals surface area contributed by atoms with Crippen molar-refractivity contribution in [2.75, 3.05) is 13.1 Å². The fraction of sp³-hybridized carbons (Fsp3) is 0.429. The van der Waals surface area contributed by atoms with E-state index in [-0.39, 0.29) is 0 Å². The fourth-order valence-corrected chi connectivity index (χ4v) is 2.71. The highest BCUT2D eigenvalue weighted by atomic mass is 35.5. The Labute approximate surface area is 122 Å². The van der Waals surface area contributed by atoms with Crippen LogP contribution in [-0.2, 0) is 6.54 Å². The molecule has 5 nitrogen and oxygen atoms in total. The highest BCUT2D eigenvalue weighted by molar-refractivity contribution is 6.30. The minimum Gasteiger partial charge on any atom is -0.338 e. The molecule has 1 fully saturated rings. The normalized spacial score (nSPS) is 19.6. The Bertz CT molecular complexity index is 569. The van der Waals surface area contributed by atoms with Crippen molar-refractivity contribution in [1.82, 2.24) is 15.0 Å². The summed E-state index contributed by atoms with van der Waals surface area (Å²) in [6.07, 6.45) is 2.33. The van der Waals surface area contributed by atoms with Gasteiger partial charge in [-0.25, -0.2) is 0 Å². The highest BCUT2D eigenvalue weighted by Gasteiger charge is 2.25. The maximum Gasteiger partial charge on any atom is 0.241 e. The third-order valence-corrected chi connectivity index (χ3v) is 3.93. The van der Waals surface area contributed by atoms with Gasteiger partial charge in [-0.15, -0.1) is 0 Å². The monoisotopic (exact) mass is 292 g/mol. The van der Waals surface area contributed by atoms with Gasteiger partial charge in [-0.2, -0.15) is 4.98 Å². The average Bonchev–Trinajstić information content (AvgIpc) is 3.09. The molecule has 2 N–H and O–H groups in total. The molecule has 106 valence electrons. The van der Waals surface area contributed by atoms with Crippen LogP contribution in [0.15, 0.2) is 28.8 Å². The molecule has 1 aromatic carbocycles. The Kier molecular flexibility index (Phi) is 4.00. The van der Waals surface area contributed by atoms with Crippen LogP contribution < -0.4 is 5.73 Å². The van der Waals surface area contributed by atoms with Gasteiger partial charge in [0.25, 0.3) is 0 Å². The second-order valence-electron chi connectivity index (χ2n) is 5.02. The van der Waals surface area contributed by atoms with E-state index in [4.69, 9.17) is 21.9 Å². The van der Waals surface area contributed by atoms with E-state index in [0.717, 1.165) is 18.5 Å². The summed E-state index contributed by atoms with van der Waals surface area (Å²) in [7, 11) is 0. The van der Waals surface area contributed by atoms with E-state index in [2.05, 4.69) is 15.0 Å².